The van der Waals surface area contributed by atoms with Gasteiger partial charge in [0, 0.05) is 12.1 Å². The molecule has 0 bridgehead atoms. The zero-order valence-electron chi connectivity index (χ0n) is 9.90. The molecule has 0 aliphatic carbocycles. The van der Waals surface area contributed by atoms with Gasteiger partial charge in [-0.3, -0.25) is 0 Å². The molecule has 2 rings (SSSR count). The lowest BCUT2D eigenvalue weighted by Crippen LogP contribution is -2.05. The van der Waals surface area contributed by atoms with Gasteiger partial charge in [-0.25, -0.2) is 4.39 Å². The van der Waals surface area contributed by atoms with Crippen LogP contribution in [0.5, 0.6) is 0 Å². The van der Waals surface area contributed by atoms with Gasteiger partial charge in [-0.15, -0.1) is 10.2 Å². The first-order valence-electron chi connectivity index (χ1n) is 5.65. The Bertz CT molecular complexity index is 556. The predicted molar refractivity (Wildman–Crippen MR) is 69.3 cm³/mol. The molecule has 2 aromatic rings. The second-order valence-corrected chi connectivity index (χ2v) is 4.73. The summed E-state index contributed by atoms with van der Waals surface area (Å²) in [6.07, 6.45) is 0.903. The van der Waals surface area contributed by atoms with E-state index in [2.05, 4.69) is 26.1 Å². The number of halogens is 2. The molecule has 0 saturated heterocycles. The van der Waals surface area contributed by atoms with Crippen molar-refractivity contribution in [1.29, 1.82) is 0 Å². The fourth-order valence-corrected chi connectivity index (χ4v) is 2.14. The molecule has 0 unspecified atom stereocenters. The number of aliphatic hydroxyl groups excluding tert-OH is 1. The quantitative estimate of drug-likeness (QED) is 0.944. The third-order valence-electron chi connectivity index (χ3n) is 2.59. The van der Waals surface area contributed by atoms with E-state index >= 15 is 0 Å². The molecule has 0 spiro atoms. The van der Waals surface area contributed by atoms with Crippen LogP contribution in [0.4, 0.5) is 4.39 Å². The van der Waals surface area contributed by atoms with Gasteiger partial charge in [-0.05, 0) is 40.5 Å². The van der Waals surface area contributed by atoms with E-state index in [1.54, 1.807) is 12.1 Å². The Kier molecular flexibility index (Phi) is 4.08. The van der Waals surface area contributed by atoms with Crippen molar-refractivity contribution in [3.63, 3.8) is 0 Å². The number of hydrogen-bond acceptors (Lipinski definition) is 3. The van der Waals surface area contributed by atoms with Gasteiger partial charge in [0.2, 0.25) is 0 Å². The minimum Gasteiger partial charge on any atom is -0.388 e. The highest BCUT2D eigenvalue weighted by atomic mass is 79.9. The monoisotopic (exact) mass is 313 g/mol. The van der Waals surface area contributed by atoms with Crippen molar-refractivity contribution >= 4 is 15.9 Å². The molecule has 1 aromatic carbocycles. The fourth-order valence-electron chi connectivity index (χ4n) is 1.76. The van der Waals surface area contributed by atoms with Gasteiger partial charge in [-0.2, -0.15) is 0 Å². The smallest absolute Gasteiger partial charge is 0.164 e. The Balaban J connectivity index is 2.49. The number of aliphatic hydroxyl groups is 1. The molecule has 0 aliphatic heterocycles. The summed E-state index contributed by atoms with van der Waals surface area (Å²) >= 11 is 3.15. The molecule has 0 amide bonds. The Morgan fingerprint density at radius 3 is 2.78 bits per heavy atom. The molecular weight excluding hydrogens is 301 g/mol. The summed E-state index contributed by atoms with van der Waals surface area (Å²) in [5, 5.41) is 17.2. The number of hydrogen-bond donors (Lipinski definition) is 1. The van der Waals surface area contributed by atoms with E-state index in [-0.39, 0.29) is 12.4 Å². The van der Waals surface area contributed by atoms with Crippen molar-refractivity contribution in [2.24, 2.45) is 0 Å². The first-order chi connectivity index (χ1) is 8.67. The molecule has 0 radical (unpaired) electrons. The van der Waals surface area contributed by atoms with Gasteiger partial charge in [0.25, 0.3) is 0 Å². The van der Waals surface area contributed by atoms with E-state index in [4.69, 9.17) is 0 Å². The van der Waals surface area contributed by atoms with E-state index in [0.29, 0.717) is 22.7 Å². The average molecular weight is 314 g/mol. The van der Waals surface area contributed by atoms with Crippen molar-refractivity contribution in [3.05, 3.63) is 34.3 Å². The van der Waals surface area contributed by atoms with Crippen molar-refractivity contribution in [2.45, 2.75) is 26.5 Å². The summed E-state index contributed by atoms with van der Waals surface area (Å²) in [4.78, 5) is 0. The Labute approximate surface area is 113 Å². The summed E-state index contributed by atoms with van der Waals surface area (Å²) < 4.78 is 15.4. The van der Waals surface area contributed by atoms with E-state index in [9.17, 15) is 9.50 Å². The molecular formula is C12H13BrFN3O. The van der Waals surface area contributed by atoms with Crippen molar-refractivity contribution < 1.29 is 9.50 Å². The number of rotatable bonds is 4. The minimum atomic E-state index is -0.317. The lowest BCUT2D eigenvalue weighted by molar-refractivity contribution is 0.264. The van der Waals surface area contributed by atoms with Gasteiger partial charge in [-0.1, -0.05) is 6.92 Å². The summed E-state index contributed by atoms with van der Waals surface area (Å²) in [7, 11) is 0. The normalized spacial score (nSPS) is 10.9. The highest BCUT2D eigenvalue weighted by Gasteiger charge is 2.13. The minimum absolute atomic E-state index is 0.157. The first-order valence-corrected chi connectivity index (χ1v) is 6.45. The van der Waals surface area contributed by atoms with Crippen LogP contribution in [0, 0.1) is 5.82 Å². The lowest BCUT2D eigenvalue weighted by Gasteiger charge is -2.08. The van der Waals surface area contributed by atoms with Crippen molar-refractivity contribution in [3.8, 4) is 11.4 Å². The molecule has 18 heavy (non-hydrogen) atoms. The van der Waals surface area contributed by atoms with Crippen LogP contribution in [0.3, 0.4) is 0 Å². The van der Waals surface area contributed by atoms with Crippen LogP contribution in [-0.2, 0) is 13.2 Å². The van der Waals surface area contributed by atoms with Crippen LogP contribution in [0.1, 0.15) is 19.2 Å². The molecule has 0 fully saturated rings. The van der Waals surface area contributed by atoms with E-state index in [1.807, 2.05) is 11.5 Å². The molecule has 1 aromatic heterocycles. The Morgan fingerprint density at radius 1 is 1.39 bits per heavy atom. The van der Waals surface area contributed by atoms with Crippen LogP contribution < -0.4 is 0 Å². The summed E-state index contributed by atoms with van der Waals surface area (Å²) in [6.45, 7) is 2.59. The molecule has 0 saturated carbocycles. The SMILES string of the molecule is CCCn1c(CO)nnc1-c1ccc(F)c(Br)c1. The second-order valence-electron chi connectivity index (χ2n) is 3.88. The van der Waals surface area contributed by atoms with Crippen molar-refractivity contribution in [1.82, 2.24) is 14.8 Å². The highest BCUT2D eigenvalue weighted by Crippen LogP contribution is 2.24. The predicted octanol–water partition coefficient (Wildman–Crippen LogP) is 2.75. The van der Waals surface area contributed by atoms with Crippen LogP contribution in [0.25, 0.3) is 11.4 Å². The zero-order valence-corrected chi connectivity index (χ0v) is 11.5. The summed E-state index contributed by atoms with van der Waals surface area (Å²) in [6, 6.07) is 4.69. The molecule has 0 atom stereocenters. The Hall–Kier alpha value is -1.27. The van der Waals surface area contributed by atoms with Crippen LogP contribution in [-0.4, -0.2) is 19.9 Å². The topological polar surface area (TPSA) is 50.9 Å². The Morgan fingerprint density at radius 2 is 2.17 bits per heavy atom. The van der Waals surface area contributed by atoms with Gasteiger partial charge in [0.1, 0.15) is 12.4 Å². The molecule has 4 nitrogen and oxygen atoms in total. The van der Waals surface area contributed by atoms with E-state index in [1.165, 1.54) is 6.07 Å². The van der Waals surface area contributed by atoms with Gasteiger partial charge in [0.15, 0.2) is 11.6 Å². The van der Waals surface area contributed by atoms with Crippen LogP contribution in [0.2, 0.25) is 0 Å². The maximum atomic E-state index is 13.2. The molecule has 1 heterocycles. The number of benzene rings is 1. The molecule has 1 N–H and O–H groups in total. The molecule has 96 valence electrons. The number of aromatic nitrogens is 3. The summed E-state index contributed by atoms with van der Waals surface area (Å²) in [5.74, 6) is 0.844. The lowest BCUT2D eigenvalue weighted by atomic mass is 10.2. The standard InChI is InChI=1S/C12H13BrFN3O/c1-2-5-17-11(7-18)15-16-12(17)8-3-4-10(14)9(13)6-8/h3-4,6,18H,2,5,7H2,1H3. The van der Waals surface area contributed by atoms with Crippen molar-refractivity contribution in [2.75, 3.05) is 0 Å². The second kappa shape index (κ2) is 5.58. The zero-order chi connectivity index (χ0) is 13.1. The fraction of sp³-hybridized carbons (Fsp3) is 0.333. The number of nitrogens with zero attached hydrogens (tertiary/aromatic N) is 3. The third kappa shape index (κ3) is 2.44. The average Bonchev–Trinajstić information content (AvgIpc) is 2.76. The van der Waals surface area contributed by atoms with Gasteiger partial charge < -0.3 is 9.67 Å². The van der Waals surface area contributed by atoms with Crippen LogP contribution in [0.15, 0.2) is 22.7 Å². The van der Waals surface area contributed by atoms with Crippen LogP contribution >= 0.6 is 15.9 Å². The van der Waals surface area contributed by atoms with Gasteiger partial charge in [0.05, 0.1) is 4.47 Å². The maximum Gasteiger partial charge on any atom is 0.164 e. The third-order valence-corrected chi connectivity index (χ3v) is 3.20. The molecule has 0 aliphatic rings. The maximum absolute atomic E-state index is 13.2. The van der Waals surface area contributed by atoms with E-state index < -0.39 is 0 Å². The first kappa shape index (κ1) is 13.2. The summed E-state index contributed by atoms with van der Waals surface area (Å²) in [5.41, 5.74) is 0.768. The highest BCUT2D eigenvalue weighted by molar-refractivity contribution is 9.10. The largest absolute Gasteiger partial charge is 0.388 e. The molecule has 6 heteroatoms. The van der Waals surface area contributed by atoms with Gasteiger partial charge >= 0.3 is 0 Å². The van der Waals surface area contributed by atoms with E-state index in [0.717, 1.165) is 12.0 Å².